The Balaban J connectivity index is 1.58. The Morgan fingerprint density at radius 3 is 2.84 bits per heavy atom. The van der Waals surface area contributed by atoms with Crippen molar-refractivity contribution in [1.29, 1.82) is 0 Å². The summed E-state index contributed by atoms with van der Waals surface area (Å²) in [5.41, 5.74) is 2.90. The van der Waals surface area contributed by atoms with Gasteiger partial charge in [-0.1, -0.05) is 18.2 Å². The van der Waals surface area contributed by atoms with E-state index in [-0.39, 0.29) is 17.5 Å². The molecule has 3 aromatic rings. The van der Waals surface area contributed by atoms with Crippen molar-refractivity contribution < 1.29 is 14.3 Å². The minimum absolute atomic E-state index is 0.0680. The van der Waals surface area contributed by atoms with Crippen molar-refractivity contribution in [1.82, 2.24) is 14.9 Å². The zero-order valence-corrected chi connectivity index (χ0v) is 13.4. The number of fused-ring (bicyclic) bond motifs is 1. The second-order valence-corrected chi connectivity index (χ2v) is 6.05. The molecule has 4 rings (SSSR count). The lowest BCUT2D eigenvalue weighted by atomic mass is 10.1. The van der Waals surface area contributed by atoms with E-state index in [4.69, 9.17) is 0 Å². The highest BCUT2D eigenvalue weighted by Crippen LogP contribution is 2.24. The van der Waals surface area contributed by atoms with Gasteiger partial charge in [-0.2, -0.15) is 0 Å². The number of phenols is 1. The average Bonchev–Trinajstić information content (AvgIpc) is 3.04. The van der Waals surface area contributed by atoms with Crippen LogP contribution in [0.25, 0.3) is 11.4 Å². The number of carbonyl (C=O) groups excluding carboxylic acids is 1. The van der Waals surface area contributed by atoms with Gasteiger partial charge < -0.3 is 15.0 Å². The number of carbonyl (C=O) groups is 1. The Labute approximate surface area is 143 Å². The third kappa shape index (κ3) is 2.98. The molecule has 2 heterocycles. The van der Waals surface area contributed by atoms with Gasteiger partial charge in [0.25, 0.3) is 5.91 Å². The fourth-order valence-corrected chi connectivity index (χ4v) is 3.06. The number of rotatable bonds is 2. The second-order valence-electron chi connectivity index (χ2n) is 6.05. The van der Waals surface area contributed by atoms with E-state index in [0.29, 0.717) is 36.5 Å². The zero-order chi connectivity index (χ0) is 17.4. The van der Waals surface area contributed by atoms with Crippen molar-refractivity contribution in [2.45, 2.75) is 13.0 Å². The van der Waals surface area contributed by atoms with Crippen molar-refractivity contribution in [3.8, 4) is 17.1 Å². The molecular weight excluding hydrogens is 321 g/mol. The molecule has 1 aromatic heterocycles. The van der Waals surface area contributed by atoms with Gasteiger partial charge in [0.1, 0.15) is 17.4 Å². The standard InChI is InChI=1S/C19H16FN3O2/c20-14-5-1-3-12(9-14)18-21-16-7-8-23(11-17(16)22-18)19(25)13-4-2-6-15(24)10-13/h1-6,9-10,24H,7-8,11H2,(H,21,22). The highest BCUT2D eigenvalue weighted by molar-refractivity contribution is 5.94. The predicted molar refractivity (Wildman–Crippen MR) is 90.5 cm³/mol. The van der Waals surface area contributed by atoms with Gasteiger partial charge in [-0.05, 0) is 30.3 Å². The molecule has 5 nitrogen and oxygen atoms in total. The Kier molecular flexibility index (Phi) is 3.72. The molecule has 0 atom stereocenters. The molecule has 1 amide bonds. The van der Waals surface area contributed by atoms with Crippen molar-refractivity contribution in [2.75, 3.05) is 6.54 Å². The molecular formula is C19H16FN3O2. The molecule has 0 radical (unpaired) electrons. The summed E-state index contributed by atoms with van der Waals surface area (Å²) >= 11 is 0. The largest absolute Gasteiger partial charge is 0.508 e. The highest BCUT2D eigenvalue weighted by Gasteiger charge is 2.25. The van der Waals surface area contributed by atoms with E-state index >= 15 is 0 Å². The van der Waals surface area contributed by atoms with Gasteiger partial charge in [0.2, 0.25) is 0 Å². The first-order chi connectivity index (χ1) is 12.1. The van der Waals surface area contributed by atoms with E-state index in [1.165, 1.54) is 24.3 Å². The summed E-state index contributed by atoms with van der Waals surface area (Å²) < 4.78 is 13.4. The normalized spacial score (nSPS) is 13.6. The molecule has 0 saturated carbocycles. The molecule has 126 valence electrons. The molecule has 0 unspecified atom stereocenters. The topological polar surface area (TPSA) is 69.2 Å². The highest BCUT2D eigenvalue weighted by atomic mass is 19.1. The summed E-state index contributed by atoms with van der Waals surface area (Å²) in [4.78, 5) is 22.1. The number of halogens is 1. The Bertz CT molecular complexity index is 951. The number of H-pyrrole nitrogens is 1. The summed E-state index contributed by atoms with van der Waals surface area (Å²) in [6.07, 6.45) is 0.631. The van der Waals surface area contributed by atoms with Crippen LogP contribution in [-0.2, 0) is 13.0 Å². The molecule has 0 fully saturated rings. The van der Waals surface area contributed by atoms with E-state index in [9.17, 15) is 14.3 Å². The van der Waals surface area contributed by atoms with Crippen molar-refractivity contribution in [3.63, 3.8) is 0 Å². The molecule has 0 aliphatic carbocycles. The van der Waals surface area contributed by atoms with Crippen LogP contribution >= 0.6 is 0 Å². The fraction of sp³-hybridized carbons (Fsp3) is 0.158. The molecule has 0 bridgehead atoms. The van der Waals surface area contributed by atoms with Crippen molar-refractivity contribution in [2.24, 2.45) is 0 Å². The number of nitrogens with one attached hydrogen (secondary N) is 1. The molecule has 2 N–H and O–H groups in total. The minimum atomic E-state index is -0.312. The first-order valence-electron chi connectivity index (χ1n) is 8.02. The van der Waals surface area contributed by atoms with Crippen LogP contribution in [0.2, 0.25) is 0 Å². The number of hydrogen-bond donors (Lipinski definition) is 2. The lowest BCUT2D eigenvalue weighted by Gasteiger charge is -2.26. The van der Waals surface area contributed by atoms with Crippen molar-refractivity contribution in [3.05, 3.63) is 71.3 Å². The molecule has 1 aliphatic heterocycles. The number of amides is 1. The molecule has 6 heteroatoms. The van der Waals surface area contributed by atoms with E-state index < -0.39 is 0 Å². The van der Waals surface area contributed by atoms with Crippen LogP contribution in [0.1, 0.15) is 21.7 Å². The third-order valence-electron chi connectivity index (χ3n) is 4.31. The lowest BCUT2D eigenvalue weighted by Crippen LogP contribution is -2.36. The summed E-state index contributed by atoms with van der Waals surface area (Å²) in [7, 11) is 0. The summed E-state index contributed by atoms with van der Waals surface area (Å²) in [5, 5.41) is 9.55. The maximum Gasteiger partial charge on any atom is 0.254 e. The SMILES string of the molecule is O=C(c1cccc(O)c1)N1CCc2nc(-c3cccc(F)c3)[nH]c2C1. The van der Waals surface area contributed by atoms with E-state index in [1.807, 2.05) is 0 Å². The van der Waals surface area contributed by atoms with Crippen LogP contribution in [0.3, 0.4) is 0 Å². The number of imidazole rings is 1. The number of aromatic amines is 1. The summed E-state index contributed by atoms with van der Waals surface area (Å²) in [6.45, 7) is 0.959. The summed E-state index contributed by atoms with van der Waals surface area (Å²) in [6, 6.07) is 12.6. The van der Waals surface area contributed by atoms with Crippen LogP contribution in [0.4, 0.5) is 4.39 Å². The number of hydrogen-bond acceptors (Lipinski definition) is 3. The second kappa shape index (κ2) is 6.05. The van der Waals surface area contributed by atoms with Crippen LogP contribution in [-0.4, -0.2) is 32.4 Å². The fourth-order valence-electron chi connectivity index (χ4n) is 3.06. The van der Waals surface area contributed by atoms with Crippen LogP contribution in [0.5, 0.6) is 5.75 Å². The Morgan fingerprint density at radius 1 is 1.20 bits per heavy atom. The first-order valence-corrected chi connectivity index (χ1v) is 8.02. The van der Waals surface area contributed by atoms with Gasteiger partial charge in [0.15, 0.2) is 0 Å². The molecule has 25 heavy (non-hydrogen) atoms. The van der Waals surface area contributed by atoms with Gasteiger partial charge in [0, 0.05) is 24.1 Å². The minimum Gasteiger partial charge on any atom is -0.508 e. The van der Waals surface area contributed by atoms with E-state index in [0.717, 1.165) is 11.4 Å². The Morgan fingerprint density at radius 2 is 2.04 bits per heavy atom. The maximum atomic E-state index is 13.4. The molecule has 0 spiro atoms. The van der Waals surface area contributed by atoms with Crippen LogP contribution in [0.15, 0.2) is 48.5 Å². The van der Waals surface area contributed by atoms with E-state index in [1.54, 1.807) is 29.2 Å². The number of nitrogens with zero attached hydrogens (tertiary/aromatic N) is 2. The number of aromatic hydroxyl groups is 1. The zero-order valence-electron chi connectivity index (χ0n) is 13.4. The summed E-state index contributed by atoms with van der Waals surface area (Å²) in [5.74, 6) is 0.227. The number of aromatic nitrogens is 2. The maximum absolute atomic E-state index is 13.4. The monoisotopic (exact) mass is 337 g/mol. The lowest BCUT2D eigenvalue weighted by molar-refractivity contribution is 0.0731. The van der Waals surface area contributed by atoms with Gasteiger partial charge in [0.05, 0.1) is 17.9 Å². The average molecular weight is 337 g/mol. The van der Waals surface area contributed by atoms with Crippen LogP contribution in [0, 0.1) is 5.82 Å². The van der Waals surface area contributed by atoms with E-state index in [2.05, 4.69) is 9.97 Å². The number of phenolic OH excluding ortho intramolecular Hbond substituents is 1. The molecule has 0 saturated heterocycles. The quantitative estimate of drug-likeness (QED) is 0.755. The smallest absolute Gasteiger partial charge is 0.254 e. The van der Waals surface area contributed by atoms with Gasteiger partial charge in [-0.3, -0.25) is 4.79 Å². The first kappa shape index (κ1) is 15.4. The molecule has 2 aromatic carbocycles. The number of benzene rings is 2. The predicted octanol–water partition coefficient (Wildman–Crippen LogP) is 3.12. The van der Waals surface area contributed by atoms with Crippen molar-refractivity contribution >= 4 is 5.91 Å². The van der Waals surface area contributed by atoms with Gasteiger partial charge in [-0.25, -0.2) is 9.37 Å². The Hall–Kier alpha value is -3.15. The van der Waals surface area contributed by atoms with Crippen LogP contribution < -0.4 is 0 Å². The molecule has 1 aliphatic rings. The van der Waals surface area contributed by atoms with Gasteiger partial charge in [-0.15, -0.1) is 0 Å². The van der Waals surface area contributed by atoms with Gasteiger partial charge >= 0.3 is 0 Å². The third-order valence-corrected chi connectivity index (χ3v) is 4.31.